The van der Waals surface area contributed by atoms with Crippen LogP contribution in [0.25, 0.3) is 0 Å². The molecule has 2 atom stereocenters. The second kappa shape index (κ2) is 5.47. The summed E-state index contributed by atoms with van der Waals surface area (Å²) >= 11 is 0. The fraction of sp³-hybridized carbons (Fsp3) is 0.600. The Labute approximate surface area is 121 Å². The monoisotopic (exact) mass is 296 g/mol. The highest BCUT2D eigenvalue weighted by molar-refractivity contribution is 7.89. The average molecular weight is 296 g/mol. The van der Waals surface area contributed by atoms with Crippen molar-refractivity contribution in [3.8, 4) is 0 Å². The number of sulfonamides is 1. The third-order valence-corrected chi connectivity index (χ3v) is 5.69. The van der Waals surface area contributed by atoms with Gasteiger partial charge in [0.05, 0.1) is 4.90 Å². The first kappa shape index (κ1) is 15.5. The zero-order chi connectivity index (χ0) is 15.0. The van der Waals surface area contributed by atoms with Crippen molar-refractivity contribution in [2.75, 3.05) is 6.54 Å². The van der Waals surface area contributed by atoms with E-state index in [2.05, 4.69) is 18.6 Å². The number of nitrogens with two attached hydrogens (primary N) is 1. The summed E-state index contributed by atoms with van der Waals surface area (Å²) in [5, 5.41) is 0. The molecule has 0 saturated heterocycles. The van der Waals surface area contributed by atoms with Gasteiger partial charge in [0.25, 0.3) is 0 Å². The van der Waals surface area contributed by atoms with Gasteiger partial charge in [0.15, 0.2) is 0 Å². The molecule has 1 aromatic carbocycles. The second-order valence-electron chi connectivity index (χ2n) is 6.33. The van der Waals surface area contributed by atoms with E-state index in [9.17, 15) is 8.42 Å². The number of rotatable bonds is 6. The van der Waals surface area contributed by atoms with Crippen molar-refractivity contribution in [3.05, 3.63) is 29.8 Å². The minimum atomic E-state index is -3.44. The Morgan fingerprint density at radius 3 is 2.65 bits per heavy atom. The van der Waals surface area contributed by atoms with Crippen LogP contribution in [0.3, 0.4) is 0 Å². The normalized spacial score (nSPS) is 22.5. The maximum absolute atomic E-state index is 12.3. The molecule has 0 spiro atoms. The van der Waals surface area contributed by atoms with Crippen LogP contribution in [0.1, 0.15) is 45.2 Å². The highest BCUT2D eigenvalue weighted by Gasteiger charge is 2.45. The first-order valence-electron chi connectivity index (χ1n) is 7.11. The summed E-state index contributed by atoms with van der Waals surface area (Å²) in [6, 6.07) is 6.80. The van der Waals surface area contributed by atoms with Crippen LogP contribution in [0.4, 0.5) is 0 Å². The van der Waals surface area contributed by atoms with Crippen LogP contribution in [-0.2, 0) is 10.0 Å². The Kier molecular flexibility index (Phi) is 4.23. The first-order valence-corrected chi connectivity index (χ1v) is 8.60. The number of hydrogen-bond donors (Lipinski definition) is 2. The fourth-order valence-electron chi connectivity index (χ4n) is 2.37. The molecule has 0 heterocycles. The minimum Gasteiger partial charge on any atom is -0.324 e. The molecule has 0 aromatic heterocycles. The smallest absolute Gasteiger partial charge is 0.240 e. The van der Waals surface area contributed by atoms with Crippen molar-refractivity contribution in [2.45, 2.75) is 44.6 Å². The van der Waals surface area contributed by atoms with Gasteiger partial charge in [0.1, 0.15) is 0 Å². The van der Waals surface area contributed by atoms with Crippen LogP contribution < -0.4 is 10.5 Å². The molecule has 1 aromatic rings. The summed E-state index contributed by atoms with van der Waals surface area (Å²) in [4.78, 5) is 0.303. The van der Waals surface area contributed by atoms with Crippen LogP contribution in [-0.4, -0.2) is 15.0 Å². The van der Waals surface area contributed by atoms with Crippen molar-refractivity contribution in [2.24, 2.45) is 17.1 Å². The lowest BCUT2D eigenvalue weighted by Crippen LogP contribution is -2.27. The first-order chi connectivity index (χ1) is 9.26. The summed E-state index contributed by atoms with van der Waals surface area (Å²) in [6.07, 6.45) is 1.86. The van der Waals surface area contributed by atoms with E-state index in [-0.39, 0.29) is 11.5 Å². The fourth-order valence-corrected chi connectivity index (χ4v) is 3.50. The highest BCUT2D eigenvalue weighted by Crippen LogP contribution is 2.51. The second-order valence-corrected chi connectivity index (χ2v) is 8.10. The summed E-state index contributed by atoms with van der Waals surface area (Å²) in [7, 11) is -3.44. The zero-order valence-electron chi connectivity index (χ0n) is 12.4. The van der Waals surface area contributed by atoms with Gasteiger partial charge in [0, 0.05) is 12.6 Å². The van der Waals surface area contributed by atoms with Crippen LogP contribution in [0, 0.1) is 11.3 Å². The molecule has 0 amide bonds. The largest absolute Gasteiger partial charge is 0.324 e. The molecule has 20 heavy (non-hydrogen) atoms. The standard InChI is InChI=1S/C15H24N2O2S/c1-4-14(16)11-6-5-7-13(8-11)20(18,19)17-10-12-9-15(12,2)3/h5-8,12,14,17H,4,9-10,16H2,1-3H3. The van der Waals surface area contributed by atoms with Crippen molar-refractivity contribution in [3.63, 3.8) is 0 Å². The maximum atomic E-state index is 12.3. The van der Waals surface area contributed by atoms with Crippen molar-refractivity contribution in [1.29, 1.82) is 0 Å². The van der Waals surface area contributed by atoms with Crippen LogP contribution >= 0.6 is 0 Å². The molecule has 4 nitrogen and oxygen atoms in total. The molecule has 3 N–H and O–H groups in total. The molecule has 0 aliphatic heterocycles. The quantitative estimate of drug-likeness (QED) is 0.847. The van der Waals surface area contributed by atoms with Gasteiger partial charge in [-0.05, 0) is 41.9 Å². The Morgan fingerprint density at radius 1 is 1.45 bits per heavy atom. The lowest BCUT2D eigenvalue weighted by molar-refractivity contribution is 0.537. The van der Waals surface area contributed by atoms with E-state index in [0.717, 1.165) is 18.4 Å². The summed E-state index contributed by atoms with van der Waals surface area (Å²) < 4.78 is 27.3. The van der Waals surface area contributed by atoms with Crippen molar-refractivity contribution >= 4 is 10.0 Å². The van der Waals surface area contributed by atoms with E-state index in [1.54, 1.807) is 18.2 Å². The van der Waals surface area contributed by atoms with Gasteiger partial charge in [-0.1, -0.05) is 32.9 Å². The predicted octanol–water partition coefficient (Wildman–Crippen LogP) is 2.42. The van der Waals surface area contributed by atoms with Gasteiger partial charge in [-0.25, -0.2) is 13.1 Å². The summed E-state index contributed by atoms with van der Waals surface area (Å²) in [5.41, 5.74) is 7.09. The summed E-state index contributed by atoms with van der Waals surface area (Å²) in [6.45, 7) is 6.82. The zero-order valence-corrected chi connectivity index (χ0v) is 13.2. The third-order valence-electron chi connectivity index (χ3n) is 4.27. The predicted molar refractivity (Wildman–Crippen MR) is 80.7 cm³/mol. The van der Waals surface area contributed by atoms with Crippen molar-refractivity contribution < 1.29 is 8.42 Å². The van der Waals surface area contributed by atoms with E-state index in [4.69, 9.17) is 5.73 Å². The van der Waals surface area contributed by atoms with E-state index in [1.165, 1.54) is 0 Å². The lowest BCUT2D eigenvalue weighted by Gasteiger charge is -2.12. The molecule has 1 fully saturated rings. The topological polar surface area (TPSA) is 72.2 Å². The number of nitrogens with one attached hydrogen (secondary N) is 1. The molecule has 1 aliphatic rings. The lowest BCUT2D eigenvalue weighted by atomic mass is 10.1. The molecular formula is C15H24N2O2S. The van der Waals surface area contributed by atoms with Crippen LogP contribution in [0.2, 0.25) is 0 Å². The van der Waals surface area contributed by atoms with E-state index < -0.39 is 10.0 Å². The molecule has 1 saturated carbocycles. The van der Waals surface area contributed by atoms with Crippen LogP contribution in [0.5, 0.6) is 0 Å². The molecule has 112 valence electrons. The Morgan fingerprint density at radius 2 is 2.10 bits per heavy atom. The van der Waals surface area contributed by atoms with Crippen molar-refractivity contribution in [1.82, 2.24) is 4.72 Å². The molecule has 5 heteroatoms. The van der Waals surface area contributed by atoms with Gasteiger partial charge < -0.3 is 5.73 Å². The van der Waals surface area contributed by atoms with Gasteiger partial charge in [-0.3, -0.25) is 0 Å². The Hall–Kier alpha value is -0.910. The number of benzene rings is 1. The third kappa shape index (κ3) is 3.40. The van der Waals surface area contributed by atoms with Crippen LogP contribution in [0.15, 0.2) is 29.2 Å². The van der Waals surface area contributed by atoms with E-state index in [1.807, 2.05) is 13.0 Å². The van der Waals surface area contributed by atoms with Gasteiger partial charge in [-0.2, -0.15) is 0 Å². The van der Waals surface area contributed by atoms with Gasteiger partial charge >= 0.3 is 0 Å². The molecule has 1 aliphatic carbocycles. The maximum Gasteiger partial charge on any atom is 0.240 e. The molecule has 0 bridgehead atoms. The van der Waals surface area contributed by atoms with E-state index in [0.29, 0.717) is 17.4 Å². The SMILES string of the molecule is CCC(N)c1cccc(S(=O)(=O)NCC2CC2(C)C)c1. The molecule has 2 rings (SSSR count). The number of hydrogen-bond acceptors (Lipinski definition) is 3. The Bertz CT molecular complexity index is 581. The molecule has 2 unspecified atom stereocenters. The minimum absolute atomic E-state index is 0.118. The average Bonchev–Trinajstić information content (AvgIpc) is 3.03. The Balaban J connectivity index is 2.09. The van der Waals surface area contributed by atoms with Gasteiger partial charge in [-0.15, -0.1) is 0 Å². The summed E-state index contributed by atoms with van der Waals surface area (Å²) in [5.74, 6) is 0.443. The highest BCUT2D eigenvalue weighted by atomic mass is 32.2. The van der Waals surface area contributed by atoms with Gasteiger partial charge in [0.2, 0.25) is 10.0 Å². The van der Waals surface area contributed by atoms with E-state index >= 15 is 0 Å². The molecular weight excluding hydrogens is 272 g/mol. The molecule has 0 radical (unpaired) electrons.